The molecule has 0 amide bonds. The Hall–Kier alpha value is -5.62. The quantitative estimate of drug-likeness (QED) is 0.197. The molecule has 0 atom stereocenters. The van der Waals surface area contributed by atoms with Crippen LogP contribution in [0.2, 0.25) is 0 Å². The molecule has 7 aromatic rings. The fourth-order valence-electron chi connectivity index (χ4n) is 6.46. The van der Waals surface area contributed by atoms with Gasteiger partial charge in [-0.3, -0.25) is 4.57 Å². The van der Waals surface area contributed by atoms with Gasteiger partial charge in [0.2, 0.25) is 5.88 Å². The molecule has 0 N–H and O–H groups in total. The van der Waals surface area contributed by atoms with Gasteiger partial charge in [0, 0.05) is 48.0 Å². The van der Waals surface area contributed by atoms with Crippen LogP contribution in [0.1, 0.15) is 26.3 Å². The molecule has 4 heterocycles. The number of anilines is 3. The van der Waals surface area contributed by atoms with E-state index in [2.05, 4.69) is 144 Å². The molecular formula is C40H35N5O. The first-order chi connectivity index (χ1) is 22.3. The monoisotopic (exact) mass is 601 g/mol. The third-order valence-electron chi connectivity index (χ3n) is 8.88. The van der Waals surface area contributed by atoms with E-state index in [4.69, 9.17) is 9.72 Å². The highest BCUT2D eigenvalue weighted by molar-refractivity contribution is 6.09. The summed E-state index contributed by atoms with van der Waals surface area (Å²) in [5.41, 5.74) is 9.21. The van der Waals surface area contributed by atoms with Crippen molar-refractivity contribution in [3.63, 3.8) is 0 Å². The van der Waals surface area contributed by atoms with Gasteiger partial charge in [0.25, 0.3) is 0 Å². The van der Waals surface area contributed by atoms with Gasteiger partial charge >= 0.3 is 0 Å². The van der Waals surface area contributed by atoms with Gasteiger partial charge in [-0.05, 0) is 70.6 Å². The zero-order chi connectivity index (χ0) is 31.4. The highest BCUT2D eigenvalue weighted by Crippen LogP contribution is 2.43. The van der Waals surface area contributed by atoms with E-state index < -0.39 is 0 Å². The fourth-order valence-corrected chi connectivity index (χ4v) is 6.46. The lowest BCUT2D eigenvalue weighted by Crippen LogP contribution is -2.23. The van der Waals surface area contributed by atoms with Gasteiger partial charge in [-0.2, -0.15) is 0 Å². The van der Waals surface area contributed by atoms with E-state index in [1.807, 2.05) is 30.6 Å². The zero-order valence-corrected chi connectivity index (χ0v) is 26.5. The van der Waals surface area contributed by atoms with Crippen molar-refractivity contribution in [3.8, 4) is 28.6 Å². The number of hydrogen-bond acceptors (Lipinski definition) is 5. The van der Waals surface area contributed by atoms with Gasteiger partial charge in [-0.25, -0.2) is 9.97 Å². The molecule has 8 rings (SSSR count). The maximum atomic E-state index is 6.46. The molecule has 6 nitrogen and oxygen atoms in total. The molecule has 0 bridgehead atoms. The normalized spacial score (nSPS) is 13.0. The second-order valence-corrected chi connectivity index (χ2v) is 13.0. The van der Waals surface area contributed by atoms with Crippen LogP contribution in [0, 0.1) is 0 Å². The molecule has 0 saturated heterocycles. The number of aromatic nitrogens is 3. The van der Waals surface area contributed by atoms with Crippen molar-refractivity contribution in [3.05, 3.63) is 133 Å². The maximum absolute atomic E-state index is 6.46. The zero-order valence-electron chi connectivity index (χ0n) is 26.5. The minimum absolute atomic E-state index is 0.0102. The van der Waals surface area contributed by atoms with Crippen LogP contribution in [0.15, 0.2) is 128 Å². The Morgan fingerprint density at radius 1 is 0.652 bits per heavy atom. The van der Waals surface area contributed by atoms with Crippen LogP contribution in [0.4, 0.5) is 17.1 Å². The highest BCUT2D eigenvalue weighted by atomic mass is 16.5. The van der Waals surface area contributed by atoms with E-state index in [9.17, 15) is 0 Å². The van der Waals surface area contributed by atoms with Crippen molar-refractivity contribution in [2.75, 3.05) is 23.5 Å². The van der Waals surface area contributed by atoms with Crippen molar-refractivity contribution >= 4 is 38.9 Å². The molecule has 0 spiro atoms. The fraction of sp³-hybridized carbons (Fsp3) is 0.150. The van der Waals surface area contributed by atoms with Crippen molar-refractivity contribution in [1.82, 2.24) is 14.5 Å². The molecular weight excluding hydrogens is 566 g/mol. The standard InChI is InChI=1S/C40H35N5O/c1-40(2,3)29-18-20-41-38(23-29)45-34-13-9-8-12-32(34)33-16-15-31(25-36(33)45)46-39-24-30(19-21-42-39)44-26-43(4)37-22-28(14-17-35(37)44)27-10-6-5-7-11-27/h5-25H,26H2,1-4H3. The second-order valence-electron chi connectivity index (χ2n) is 13.0. The molecule has 226 valence electrons. The van der Waals surface area contributed by atoms with E-state index in [1.54, 1.807) is 0 Å². The van der Waals surface area contributed by atoms with Crippen molar-refractivity contribution < 1.29 is 4.74 Å². The first-order valence-electron chi connectivity index (χ1n) is 15.7. The van der Waals surface area contributed by atoms with Crippen LogP contribution in [0.25, 0.3) is 38.8 Å². The van der Waals surface area contributed by atoms with Gasteiger partial charge in [0.15, 0.2) is 0 Å². The molecule has 46 heavy (non-hydrogen) atoms. The van der Waals surface area contributed by atoms with Gasteiger partial charge in [0.05, 0.1) is 29.1 Å². The van der Waals surface area contributed by atoms with Gasteiger partial charge < -0.3 is 14.5 Å². The van der Waals surface area contributed by atoms with Gasteiger partial charge in [-0.15, -0.1) is 0 Å². The molecule has 1 aliphatic heterocycles. The average Bonchev–Trinajstić information content (AvgIpc) is 3.59. The van der Waals surface area contributed by atoms with Gasteiger partial charge in [-0.1, -0.05) is 75.4 Å². The second kappa shape index (κ2) is 10.8. The summed E-state index contributed by atoms with van der Waals surface area (Å²) in [5.74, 6) is 2.16. The van der Waals surface area contributed by atoms with Crippen LogP contribution >= 0.6 is 0 Å². The Morgan fingerprint density at radius 2 is 1.43 bits per heavy atom. The lowest BCUT2D eigenvalue weighted by atomic mass is 9.88. The number of fused-ring (bicyclic) bond motifs is 4. The average molecular weight is 602 g/mol. The number of pyridine rings is 2. The SMILES string of the molecule is CN1CN(c2ccnc(Oc3ccc4c5ccccc5n(-c5cc(C(C)(C)C)ccn5)c4c3)c2)c2ccc(-c3ccccc3)cc21. The third-order valence-corrected chi connectivity index (χ3v) is 8.88. The van der Waals surface area contributed by atoms with E-state index in [1.165, 1.54) is 27.8 Å². The van der Waals surface area contributed by atoms with E-state index in [0.717, 1.165) is 46.0 Å². The largest absolute Gasteiger partial charge is 0.439 e. The maximum Gasteiger partial charge on any atom is 0.221 e. The van der Waals surface area contributed by atoms with Crippen LogP contribution < -0.4 is 14.5 Å². The first kappa shape index (κ1) is 27.9. The molecule has 1 aliphatic rings. The first-order valence-corrected chi connectivity index (χ1v) is 15.7. The summed E-state index contributed by atoms with van der Waals surface area (Å²) in [6, 6.07) is 40.3. The summed E-state index contributed by atoms with van der Waals surface area (Å²) in [7, 11) is 2.13. The summed E-state index contributed by atoms with van der Waals surface area (Å²) in [6.45, 7) is 7.42. The lowest BCUT2D eigenvalue weighted by molar-refractivity contribution is 0.463. The molecule has 0 unspecified atom stereocenters. The minimum Gasteiger partial charge on any atom is -0.439 e. The topological polar surface area (TPSA) is 46.4 Å². The Balaban J connectivity index is 1.14. The predicted octanol–water partition coefficient (Wildman–Crippen LogP) is 9.88. The molecule has 4 aromatic carbocycles. The smallest absolute Gasteiger partial charge is 0.221 e. The van der Waals surface area contributed by atoms with E-state index >= 15 is 0 Å². The number of hydrogen-bond donors (Lipinski definition) is 0. The van der Waals surface area contributed by atoms with Crippen molar-refractivity contribution in [1.29, 1.82) is 0 Å². The lowest BCUT2D eigenvalue weighted by Gasteiger charge is -2.20. The van der Waals surface area contributed by atoms with Crippen LogP contribution in [0.3, 0.4) is 0 Å². The number of ether oxygens (including phenoxy) is 1. The van der Waals surface area contributed by atoms with Gasteiger partial charge in [0.1, 0.15) is 11.6 Å². The Labute approximate surface area is 269 Å². The van der Waals surface area contributed by atoms with Crippen LogP contribution in [0.5, 0.6) is 11.6 Å². The van der Waals surface area contributed by atoms with Crippen LogP contribution in [-0.2, 0) is 5.41 Å². The summed E-state index contributed by atoms with van der Waals surface area (Å²) in [6.07, 6.45) is 3.72. The number of para-hydroxylation sites is 1. The highest BCUT2D eigenvalue weighted by Gasteiger charge is 2.26. The molecule has 0 aliphatic carbocycles. The van der Waals surface area contributed by atoms with Crippen molar-refractivity contribution in [2.24, 2.45) is 0 Å². The number of benzene rings is 4. The molecule has 3 aromatic heterocycles. The summed E-state index contributed by atoms with van der Waals surface area (Å²) in [5, 5.41) is 2.33. The Bertz CT molecular complexity index is 2230. The summed E-state index contributed by atoms with van der Waals surface area (Å²) in [4.78, 5) is 14.0. The molecule has 6 heteroatoms. The molecule has 0 saturated carbocycles. The minimum atomic E-state index is 0.0102. The van der Waals surface area contributed by atoms with E-state index in [-0.39, 0.29) is 5.41 Å². The molecule has 0 fully saturated rings. The number of nitrogens with zero attached hydrogens (tertiary/aromatic N) is 5. The molecule has 0 radical (unpaired) electrons. The summed E-state index contributed by atoms with van der Waals surface area (Å²) < 4.78 is 8.69. The van der Waals surface area contributed by atoms with Crippen LogP contribution in [-0.4, -0.2) is 28.3 Å². The Kier molecular flexibility index (Phi) is 6.53. The summed E-state index contributed by atoms with van der Waals surface area (Å²) >= 11 is 0. The Morgan fingerprint density at radius 3 is 2.28 bits per heavy atom. The van der Waals surface area contributed by atoms with Crippen molar-refractivity contribution in [2.45, 2.75) is 26.2 Å². The van der Waals surface area contributed by atoms with E-state index in [0.29, 0.717) is 5.88 Å². The third kappa shape index (κ3) is 4.83. The number of rotatable bonds is 5. The predicted molar refractivity (Wildman–Crippen MR) is 189 cm³/mol.